The molecule has 7 heteroatoms. The zero-order valence-electron chi connectivity index (χ0n) is 15.8. The monoisotopic (exact) mass is 372 g/mol. The van der Waals surface area contributed by atoms with E-state index in [1.54, 1.807) is 28.0 Å². The number of carbonyl (C=O) groups is 1. The number of hydrogen-bond donors (Lipinski definition) is 0. The fourth-order valence-electron chi connectivity index (χ4n) is 3.04. The highest BCUT2D eigenvalue weighted by Crippen LogP contribution is 2.16. The van der Waals surface area contributed by atoms with Crippen LogP contribution in [0.4, 0.5) is 0 Å². The van der Waals surface area contributed by atoms with Gasteiger partial charge < -0.3 is 4.90 Å². The highest BCUT2D eigenvalue weighted by molar-refractivity contribution is 5.90. The second kappa shape index (κ2) is 7.56. The van der Waals surface area contributed by atoms with E-state index in [9.17, 15) is 4.79 Å². The van der Waals surface area contributed by atoms with Gasteiger partial charge in [-0.15, -0.1) is 5.10 Å². The first-order chi connectivity index (χ1) is 13.6. The Morgan fingerprint density at radius 3 is 2.64 bits per heavy atom. The van der Waals surface area contributed by atoms with Crippen LogP contribution in [-0.4, -0.2) is 35.4 Å². The van der Waals surface area contributed by atoms with Gasteiger partial charge in [-0.25, -0.2) is 9.50 Å². The van der Waals surface area contributed by atoms with Crippen molar-refractivity contribution in [2.75, 3.05) is 0 Å². The van der Waals surface area contributed by atoms with E-state index >= 15 is 0 Å². The maximum Gasteiger partial charge on any atom is 0.294 e. The van der Waals surface area contributed by atoms with Crippen molar-refractivity contribution in [1.29, 1.82) is 0 Å². The van der Waals surface area contributed by atoms with Gasteiger partial charge in [0.15, 0.2) is 0 Å². The minimum atomic E-state index is -0.239. The van der Waals surface area contributed by atoms with Gasteiger partial charge in [0, 0.05) is 37.4 Å². The fourth-order valence-corrected chi connectivity index (χ4v) is 3.04. The molecule has 0 aliphatic heterocycles. The van der Waals surface area contributed by atoms with Gasteiger partial charge in [-0.3, -0.25) is 9.78 Å². The minimum Gasteiger partial charge on any atom is -0.327 e. The lowest BCUT2D eigenvalue weighted by Crippen LogP contribution is -2.31. The van der Waals surface area contributed by atoms with E-state index in [4.69, 9.17) is 0 Å². The Morgan fingerprint density at radius 1 is 1.04 bits per heavy atom. The molecule has 0 unspecified atom stereocenters. The standard InChI is InChI=1S/C21H20N6O/c1-15-6-3-4-8-18(15)14-26(13-17-7-5-10-22-12-17)20(28)19-24-21-23-11-9-16(2)27(21)25-19/h3-12H,13-14H2,1-2H3. The Balaban J connectivity index is 1.69. The van der Waals surface area contributed by atoms with E-state index < -0.39 is 0 Å². The van der Waals surface area contributed by atoms with Crippen LogP contribution in [0.1, 0.15) is 33.0 Å². The summed E-state index contributed by atoms with van der Waals surface area (Å²) in [6.45, 7) is 4.82. The molecule has 0 N–H and O–H groups in total. The van der Waals surface area contributed by atoms with Crippen molar-refractivity contribution in [3.8, 4) is 0 Å². The Hall–Kier alpha value is -3.61. The van der Waals surface area contributed by atoms with E-state index in [0.717, 1.165) is 22.4 Å². The van der Waals surface area contributed by atoms with Gasteiger partial charge in [-0.05, 0) is 42.7 Å². The van der Waals surface area contributed by atoms with Gasteiger partial charge in [0.05, 0.1) is 0 Å². The Bertz CT molecular complexity index is 1120. The van der Waals surface area contributed by atoms with Gasteiger partial charge in [0.25, 0.3) is 11.7 Å². The largest absolute Gasteiger partial charge is 0.327 e. The number of nitrogens with zero attached hydrogens (tertiary/aromatic N) is 6. The predicted octanol–water partition coefficient (Wildman–Crippen LogP) is 2.98. The van der Waals surface area contributed by atoms with Gasteiger partial charge in [-0.2, -0.15) is 4.98 Å². The average molecular weight is 372 g/mol. The first kappa shape index (κ1) is 17.8. The van der Waals surface area contributed by atoms with Crippen molar-refractivity contribution >= 4 is 11.7 Å². The van der Waals surface area contributed by atoms with E-state index in [-0.39, 0.29) is 11.7 Å². The molecule has 3 heterocycles. The molecule has 1 aromatic carbocycles. The molecule has 0 fully saturated rings. The van der Waals surface area contributed by atoms with Crippen LogP contribution in [0.2, 0.25) is 0 Å². The van der Waals surface area contributed by atoms with Crippen LogP contribution >= 0.6 is 0 Å². The van der Waals surface area contributed by atoms with Crippen molar-refractivity contribution in [3.05, 3.63) is 89.3 Å². The number of carbonyl (C=O) groups excluding carboxylic acids is 1. The van der Waals surface area contributed by atoms with E-state index in [0.29, 0.717) is 18.9 Å². The molecule has 1 amide bonds. The normalized spacial score (nSPS) is 10.9. The molecule has 0 radical (unpaired) electrons. The van der Waals surface area contributed by atoms with Crippen molar-refractivity contribution < 1.29 is 4.79 Å². The molecule has 0 bridgehead atoms. The summed E-state index contributed by atoms with van der Waals surface area (Å²) in [6, 6.07) is 13.7. The van der Waals surface area contributed by atoms with Gasteiger partial charge in [0.1, 0.15) is 0 Å². The van der Waals surface area contributed by atoms with Gasteiger partial charge >= 0.3 is 0 Å². The van der Waals surface area contributed by atoms with Crippen LogP contribution in [0, 0.1) is 13.8 Å². The molecule has 4 aromatic rings. The maximum atomic E-state index is 13.3. The van der Waals surface area contributed by atoms with E-state index in [2.05, 4.69) is 20.1 Å². The lowest BCUT2D eigenvalue weighted by molar-refractivity contribution is 0.0717. The molecule has 0 saturated heterocycles. The number of aryl methyl sites for hydroxylation is 2. The number of hydrogen-bond acceptors (Lipinski definition) is 5. The zero-order valence-corrected chi connectivity index (χ0v) is 15.8. The molecule has 0 atom stereocenters. The van der Waals surface area contributed by atoms with Crippen molar-refractivity contribution in [1.82, 2.24) is 29.5 Å². The van der Waals surface area contributed by atoms with Crippen molar-refractivity contribution in [3.63, 3.8) is 0 Å². The van der Waals surface area contributed by atoms with Crippen LogP contribution in [0.15, 0.2) is 61.1 Å². The number of pyridine rings is 1. The zero-order chi connectivity index (χ0) is 19.5. The smallest absolute Gasteiger partial charge is 0.294 e. The Kier molecular flexibility index (Phi) is 4.80. The third kappa shape index (κ3) is 3.59. The average Bonchev–Trinajstić information content (AvgIpc) is 3.15. The van der Waals surface area contributed by atoms with E-state index in [1.807, 2.05) is 56.3 Å². The summed E-state index contributed by atoms with van der Waals surface area (Å²) in [5, 5.41) is 4.37. The van der Waals surface area contributed by atoms with Crippen molar-refractivity contribution in [2.45, 2.75) is 26.9 Å². The molecule has 0 saturated carbocycles. The van der Waals surface area contributed by atoms with Crippen LogP contribution < -0.4 is 0 Å². The third-order valence-electron chi connectivity index (χ3n) is 4.63. The highest BCUT2D eigenvalue weighted by Gasteiger charge is 2.22. The van der Waals surface area contributed by atoms with Gasteiger partial charge in [0.2, 0.25) is 5.82 Å². The molecular weight excluding hydrogens is 352 g/mol. The molecule has 7 nitrogen and oxygen atoms in total. The summed E-state index contributed by atoms with van der Waals surface area (Å²) in [5.74, 6) is 0.317. The topological polar surface area (TPSA) is 76.3 Å². The second-order valence-electron chi connectivity index (χ2n) is 6.68. The summed E-state index contributed by atoms with van der Waals surface area (Å²) >= 11 is 0. The molecule has 28 heavy (non-hydrogen) atoms. The van der Waals surface area contributed by atoms with Crippen molar-refractivity contribution in [2.24, 2.45) is 0 Å². The van der Waals surface area contributed by atoms with Crippen LogP contribution in [-0.2, 0) is 13.1 Å². The van der Waals surface area contributed by atoms with Crippen LogP contribution in [0.3, 0.4) is 0 Å². The quantitative estimate of drug-likeness (QED) is 0.538. The summed E-state index contributed by atoms with van der Waals surface area (Å²) in [4.78, 5) is 27.7. The molecule has 0 aliphatic carbocycles. The molecule has 0 aliphatic rings. The molecule has 4 rings (SSSR count). The lowest BCUT2D eigenvalue weighted by atomic mass is 10.1. The summed E-state index contributed by atoms with van der Waals surface area (Å²) in [7, 11) is 0. The Morgan fingerprint density at radius 2 is 1.89 bits per heavy atom. The second-order valence-corrected chi connectivity index (χ2v) is 6.68. The molecule has 140 valence electrons. The lowest BCUT2D eigenvalue weighted by Gasteiger charge is -2.22. The van der Waals surface area contributed by atoms with Crippen LogP contribution in [0.5, 0.6) is 0 Å². The SMILES string of the molecule is Cc1ccccc1CN(Cc1cccnc1)C(=O)c1nc2nccc(C)n2n1. The first-order valence-electron chi connectivity index (χ1n) is 9.03. The Labute approximate surface area is 162 Å². The summed E-state index contributed by atoms with van der Waals surface area (Å²) in [6.07, 6.45) is 5.14. The van der Waals surface area contributed by atoms with Crippen LogP contribution in [0.25, 0.3) is 5.78 Å². The van der Waals surface area contributed by atoms with Gasteiger partial charge in [-0.1, -0.05) is 30.3 Å². The summed E-state index contributed by atoms with van der Waals surface area (Å²) in [5.41, 5.74) is 4.03. The molecule has 3 aromatic heterocycles. The number of rotatable bonds is 5. The van der Waals surface area contributed by atoms with E-state index in [1.165, 1.54) is 0 Å². The predicted molar refractivity (Wildman–Crippen MR) is 105 cm³/mol. The third-order valence-corrected chi connectivity index (χ3v) is 4.63. The molecular formula is C21H20N6O. The first-order valence-corrected chi connectivity index (χ1v) is 9.03. The number of benzene rings is 1. The maximum absolute atomic E-state index is 13.3. The summed E-state index contributed by atoms with van der Waals surface area (Å²) < 4.78 is 1.59. The fraction of sp³-hybridized carbons (Fsp3) is 0.190. The minimum absolute atomic E-state index is 0.138. The molecule has 0 spiro atoms. The number of amides is 1. The number of aromatic nitrogens is 5. The number of fused-ring (bicyclic) bond motifs is 1. The highest BCUT2D eigenvalue weighted by atomic mass is 16.2.